The van der Waals surface area contributed by atoms with E-state index in [9.17, 15) is 17.7 Å². The number of ether oxygens (including phenoxy) is 1. The summed E-state index contributed by atoms with van der Waals surface area (Å²) in [7, 11) is 0. The fourth-order valence-electron chi connectivity index (χ4n) is 0.953. The molecule has 1 rings (SSSR count). The van der Waals surface area contributed by atoms with Crippen LogP contribution >= 0.6 is 0 Å². The first-order valence-electron chi connectivity index (χ1n) is 4.04. The summed E-state index contributed by atoms with van der Waals surface area (Å²) in [6, 6.07) is 4.13. The van der Waals surface area contributed by atoms with Crippen LogP contribution in [0.5, 0.6) is 5.75 Å². The molecule has 1 aromatic carbocycles. The molecule has 0 saturated carbocycles. The summed E-state index contributed by atoms with van der Waals surface area (Å²) >= 11 is 0. The minimum Gasteiger partial charge on any atom is -0.482 e. The number of halogens is 3. The van der Waals surface area contributed by atoms with E-state index in [4.69, 9.17) is 5.11 Å². The zero-order valence-corrected chi connectivity index (χ0v) is 7.49. The lowest BCUT2D eigenvalue weighted by atomic mass is 9.80. The van der Waals surface area contributed by atoms with E-state index in [1.807, 2.05) is 0 Å². The predicted molar refractivity (Wildman–Crippen MR) is 48.3 cm³/mol. The number of carboxylic acids is 1. The van der Waals surface area contributed by atoms with Crippen molar-refractivity contribution in [2.75, 3.05) is 6.61 Å². The lowest BCUT2D eigenvalue weighted by Crippen LogP contribution is -2.33. The smallest absolute Gasteiger partial charge is 0.482 e. The first kappa shape index (κ1) is 11.4. The third-order valence-electron chi connectivity index (χ3n) is 1.60. The van der Waals surface area contributed by atoms with Crippen LogP contribution in [0.3, 0.4) is 0 Å². The minimum atomic E-state index is -5.08. The van der Waals surface area contributed by atoms with Crippen molar-refractivity contribution in [2.24, 2.45) is 0 Å². The van der Waals surface area contributed by atoms with Gasteiger partial charge in [-0.3, -0.25) is 0 Å². The summed E-state index contributed by atoms with van der Waals surface area (Å²) in [5.41, 5.74) is -0.808. The first-order valence-corrected chi connectivity index (χ1v) is 4.04. The van der Waals surface area contributed by atoms with Crippen LogP contribution < -0.4 is 10.2 Å². The monoisotopic (exact) mass is 219 g/mol. The van der Waals surface area contributed by atoms with Crippen molar-refractivity contribution in [3.63, 3.8) is 0 Å². The number of carbonyl (C=O) groups is 1. The Morgan fingerprint density at radius 3 is 2.60 bits per heavy atom. The maximum Gasteiger partial charge on any atom is 0.509 e. The predicted octanol–water partition coefficient (Wildman–Crippen LogP) is 1.20. The molecular formula is C8H7BF3O3-. The van der Waals surface area contributed by atoms with Crippen LogP contribution in [0, 0.1) is 0 Å². The molecule has 3 nitrogen and oxygen atoms in total. The van der Waals surface area contributed by atoms with E-state index in [1.54, 1.807) is 0 Å². The molecule has 0 radical (unpaired) electrons. The minimum absolute atomic E-state index is 0.103. The van der Waals surface area contributed by atoms with Crippen LogP contribution in [0.4, 0.5) is 12.9 Å². The molecule has 0 spiro atoms. The molecule has 82 valence electrons. The highest BCUT2D eigenvalue weighted by atomic mass is 19.4. The second-order valence-electron chi connectivity index (χ2n) is 2.83. The zero-order valence-electron chi connectivity index (χ0n) is 7.49. The molecule has 0 atom stereocenters. The SMILES string of the molecule is O=C(O)COc1cccc([B-](F)(F)F)c1. The molecule has 0 aliphatic carbocycles. The number of aliphatic carboxylic acids is 1. The van der Waals surface area contributed by atoms with Gasteiger partial charge in [-0.05, 0) is 12.1 Å². The zero-order chi connectivity index (χ0) is 11.5. The molecule has 0 unspecified atom stereocenters. The topological polar surface area (TPSA) is 46.5 Å². The second kappa shape index (κ2) is 4.25. The number of hydrogen-bond donors (Lipinski definition) is 1. The van der Waals surface area contributed by atoms with Gasteiger partial charge in [-0.25, -0.2) is 4.79 Å². The molecular weight excluding hydrogens is 212 g/mol. The quantitative estimate of drug-likeness (QED) is 0.774. The van der Waals surface area contributed by atoms with Crippen molar-refractivity contribution in [1.29, 1.82) is 0 Å². The first-order chi connectivity index (χ1) is 6.89. The van der Waals surface area contributed by atoms with Gasteiger partial charge in [0.25, 0.3) is 0 Å². The van der Waals surface area contributed by atoms with E-state index in [2.05, 4.69) is 4.74 Å². The average molecular weight is 219 g/mol. The van der Waals surface area contributed by atoms with Gasteiger partial charge in [0.2, 0.25) is 0 Å². The van der Waals surface area contributed by atoms with E-state index >= 15 is 0 Å². The van der Waals surface area contributed by atoms with Crippen LogP contribution in [0.15, 0.2) is 24.3 Å². The Morgan fingerprint density at radius 1 is 1.40 bits per heavy atom. The standard InChI is InChI=1S/C8H7BF3O3/c10-9(11,12)6-2-1-3-7(4-6)15-5-8(13)14/h1-4H,5H2,(H,13,14)/q-1. The van der Waals surface area contributed by atoms with E-state index in [0.717, 1.165) is 12.1 Å². The number of rotatable bonds is 4. The van der Waals surface area contributed by atoms with Crippen molar-refractivity contribution < 1.29 is 27.6 Å². The molecule has 0 amide bonds. The molecule has 0 fully saturated rings. The van der Waals surface area contributed by atoms with Crippen molar-refractivity contribution in [1.82, 2.24) is 0 Å². The largest absolute Gasteiger partial charge is 0.509 e. The van der Waals surface area contributed by atoms with Crippen LogP contribution in [0.25, 0.3) is 0 Å². The van der Waals surface area contributed by atoms with Crippen molar-refractivity contribution in [3.05, 3.63) is 24.3 Å². The van der Waals surface area contributed by atoms with Crippen LogP contribution in [-0.4, -0.2) is 24.7 Å². The van der Waals surface area contributed by atoms with Gasteiger partial charge in [0.05, 0.1) is 0 Å². The van der Waals surface area contributed by atoms with Gasteiger partial charge in [0, 0.05) is 0 Å². The van der Waals surface area contributed by atoms with Crippen molar-refractivity contribution in [2.45, 2.75) is 0 Å². The van der Waals surface area contributed by atoms with E-state index in [-0.39, 0.29) is 5.75 Å². The summed E-state index contributed by atoms with van der Waals surface area (Å²) in [5, 5.41) is 8.26. The highest BCUT2D eigenvalue weighted by molar-refractivity contribution is 6.73. The number of hydrogen-bond acceptors (Lipinski definition) is 2. The van der Waals surface area contributed by atoms with E-state index < -0.39 is 25.0 Å². The van der Waals surface area contributed by atoms with E-state index in [1.165, 1.54) is 12.1 Å². The third-order valence-corrected chi connectivity index (χ3v) is 1.60. The second-order valence-corrected chi connectivity index (χ2v) is 2.83. The summed E-state index contributed by atoms with van der Waals surface area (Å²) in [6.07, 6.45) is 0. The fourth-order valence-corrected chi connectivity index (χ4v) is 0.953. The third kappa shape index (κ3) is 3.53. The maximum absolute atomic E-state index is 12.3. The van der Waals surface area contributed by atoms with Gasteiger partial charge in [0.15, 0.2) is 6.61 Å². The normalized spacial score (nSPS) is 11.1. The number of benzene rings is 1. The van der Waals surface area contributed by atoms with Crippen LogP contribution in [0.2, 0.25) is 0 Å². The molecule has 0 aliphatic heterocycles. The average Bonchev–Trinajstić information content (AvgIpc) is 2.14. The number of carboxylic acid groups (broad SMARTS) is 1. The molecule has 0 aromatic heterocycles. The molecule has 7 heteroatoms. The van der Waals surface area contributed by atoms with Crippen LogP contribution in [-0.2, 0) is 4.79 Å². The molecule has 0 aliphatic rings. The van der Waals surface area contributed by atoms with Gasteiger partial charge in [-0.2, -0.15) is 0 Å². The van der Waals surface area contributed by atoms with Gasteiger partial charge >= 0.3 is 12.9 Å². The summed E-state index contributed by atoms with van der Waals surface area (Å²) < 4.78 is 41.4. The van der Waals surface area contributed by atoms with Gasteiger partial charge < -0.3 is 22.8 Å². The summed E-state index contributed by atoms with van der Waals surface area (Å²) in [5.74, 6) is -1.34. The summed E-state index contributed by atoms with van der Waals surface area (Å²) in [4.78, 5) is 10.1. The Labute approximate surface area is 83.5 Å². The van der Waals surface area contributed by atoms with Gasteiger partial charge in [-0.15, -0.1) is 5.46 Å². The molecule has 0 bridgehead atoms. The highest BCUT2D eigenvalue weighted by Gasteiger charge is 2.25. The Hall–Kier alpha value is -1.66. The van der Waals surface area contributed by atoms with E-state index in [0.29, 0.717) is 0 Å². The van der Waals surface area contributed by atoms with Crippen molar-refractivity contribution in [3.8, 4) is 5.75 Å². The molecule has 0 saturated heterocycles. The summed E-state index contributed by atoms with van der Waals surface area (Å²) in [6.45, 7) is -5.74. The fraction of sp³-hybridized carbons (Fsp3) is 0.125. The molecule has 15 heavy (non-hydrogen) atoms. The Balaban J connectivity index is 2.79. The molecule has 0 heterocycles. The molecule has 1 aromatic rings. The van der Waals surface area contributed by atoms with Gasteiger partial charge in [0.1, 0.15) is 5.75 Å². The lowest BCUT2D eigenvalue weighted by molar-refractivity contribution is -0.139. The van der Waals surface area contributed by atoms with Crippen LogP contribution in [0.1, 0.15) is 0 Å². The Morgan fingerprint density at radius 2 is 2.07 bits per heavy atom. The Kier molecular flexibility index (Phi) is 3.23. The maximum atomic E-state index is 12.3. The Bertz CT molecular complexity index is 364. The van der Waals surface area contributed by atoms with Gasteiger partial charge in [-0.1, -0.05) is 12.1 Å². The highest BCUT2D eigenvalue weighted by Crippen LogP contribution is 2.14. The van der Waals surface area contributed by atoms with Crippen molar-refractivity contribution >= 4 is 18.4 Å². The lowest BCUT2D eigenvalue weighted by Gasteiger charge is -2.15. The molecule has 1 N–H and O–H groups in total.